The van der Waals surface area contributed by atoms with Crippen LogP contribution in [0.15, 0.2) is 15.7 Å². The van der Waals surface area contributed by atoms with Gasteiger partial charge < -0.3 is 9.66 Å². The van der Waals surface area contributed by atoms with Crippen LogP contribution in [0, 0.1) is 0 Å². The third kappa shape index (κ3) is 1.29. The number of aromatic hydroxyl groups is 1. The zero-order chi connectivity index (χ0) is 6.85. The molecule has 1 unspecified atom stereocenters. The number of hydrogen-bond acceptors (Lipinski definition) is 4. The Kier molecular flexibility index (Phi) is 1.84. The Morgan fingerprint density at radius 2 is 2.44 bits per heavy atom. The molecule has 0 saturated carbocycles. The van der Waals surface area contributed by atoms with Crippen molar-refractivity contribution in [2.24, 2.45) is 0 Å². The van der Waals surface area contributed by atoms with Gasteiger partial charge in [0.25, 0.3) is 0 Å². The summed E-state index contributed by atoms with van der Waals surface area (Å²) in [6, 6.07) is 1.34. The number of rotatable bonds is 1. The van der Waals surface area contributed by atoms with Crippen LogP contribution in [0.2, 0.25) is 0 Å². The highest BCUT2D eigenvalue weighted by atomic mass is 32.2. The van der Waals surface area contributed by atoms with Gasteiger partial charge in [0.05, 0.1) is 0 Å². The largest absolute Gasteiger partial charge is 0.768 e. The molecule has 0 fully saturated rings. The van der Waals surface area contributed by atoms with Crippen molar-refractivity contribution in [2.45, 2.75) is 4.21 Å². The molecular formula is C4H3O3S2-. The Morgan fingerprint density at radius 3 is 2.67 bits per heavy atom. The van der Waals surface area contributed by atoms with Crippen molar-refractivity contribution in [3.8, 4) is 5.75 Å². The Hall–Kier alpha value is -0.390. The zero-order valence-corrected chi connectivity index (χ0v) is 5.87. The average Bonchev–Trinajstić information content (AvgIpc) is 2.13. The predicted molar refractivity (Wildman–Crippen MR) is 33.2 cm³/mol. The molecule has 0 radical (unpaired) electrons. The van der Waals surface area contributed by atoms with Gasteiger partial charge >= 0.3 is 0 Å². The van der Waals surface area contributed by atoms with E-state index < -0.39 is 11.1 Å². The normalized spacial score (nSPS) is 13.4. The van der Waals surface area contributed by atoms with E-state index in [9.17, 15) is 8.76 Å². The highest BCUT2D eigenvalue weighted by Gasteiger charge is 1.99. The van der Waals surface area contributed by atoms with Gasteiger partial charge in [-0.3, -0.25) is 4.21 Å². The third-order valence-corrected chi connectivity index (χ3v) is 2.67. The molecule has 0 aromatic carbocycles. The minimum absolute atomic E-state index is 0.00463. The lowest BCUT2D eigenvalue weighted by molar-refractivity contribution is 0.461. The van der Waals surface area contributed by atoms with E-state index >= 15 is 0 Å². The highest BCUT2D eigenvalue weighted by Crippen LogP contribution is 2.25. The van der Waals surface area contributed by atoms with Gasteiger partial charge in [0.1, 0.15) is 9.96 Å². The van der Waals surface area contributed by atoms with Crippen molar-refractivity contribution < 1.29 is 13.9 Å². The summed E-state index contributed by atoms with van der Waals surface area (Å²) in [5, 5.41) is 10.3. The van der Waals surface area contributed by atoms with Crippen molar-refractivity contribution >= 4 is 22.4 Å². The van der Waals surface area contributed by atoms with Crippen LogP contribution in [0.4, 0.5) is 0 Å². The molecule has 50 valence electrons. The van der Waals surface area contributed by atoms with Crippen molar-refractivity contribution in [2.75, 3.05) is 0 Å². The lowest BCUT2D eigenvalue weighted by Gasteiger charge is -1.99. The van der Waals surface area contributed by atoms with Gasteiger partial charge in [-0.15, -0.1) is 11.3 Å². The summed E-state index contributed by atoms with van der Waals surface area (Å²) < 4.78 is 20.3. The summed E-state index contributed by atoms with van der Waals surface area (Å²) in [7, 11) is 0. The van der Waals surface area contributed by atoms with Gasteiger partial charge in [0.15, 0.2) is 0 Å². The molecule has 1 aromatic rings. The Labute approximate surface area is 58.2 Å². The Morgan fingerprint density at radius 1 is 1.78 bits per heavy atom. The SMILES string of the molecule is O=S([O-])c1sccc1O. The molecule has 0 bridgehead atoms. The van der Waals surface area contributed by atoms with Crippen molar-refractivity contribution in [1.29, 1.82) is 0 Å². The van der Waals surface area contributed by atoms with Gasteiger partial charge in [-0.2, -0.15) is 0 Å². The highest BCUT2D eigenvalue weighted by molar-refractivity contribution is 7.81. The van der Waals surface area contributed by atoms with Crippen LogP contribution in [-0.2, 0) is 11.1 Å². The van der Waals surface area contributed by atoms with Crippen LogP contribution in [0.3, 0.4) is 0 Å². The second-order valence-corrected chi connectivity index (χ2v) is 3.38. The van der Waals surface area contributed by atoms with E-state index in [0.717, 1.165) is 11.3 Å². The molecule has 3 nitrogen and oxygen atoms in total. The minimum Gasteiger partial charge on any atom is -0.768 e. The molecule has 1 atom stereocenters. The monoisotopic (exact) mass is 163 g/mol. The summed E-state index contributed by atoms with van der Waals surface area (Å²) in [5.41, 5.74) is 0. The predicted octanol–water partition coefficient (Wildman–Crippen LogP) is 0.692. The first kappa shape index (κ1) is 6.73. The fourth-order valence-electron chi connectivity index (χ4n) is 0.413. The summed E-state index contributed by atoms with van der Waals surface area (Å²) in [4.78, 5) is 0. The van der Waals surface area contributed by atoms with E-state index in [2.05, 4.69) is 0 Å². The van der Waals surface area contributed by atoms with Gasteiger partial charge in [0.2, 0.25) is 0 Å². The summed E-state index contributed by atoms with van der Waals surface area (Å²) in [5.74, 6) is -0.173. The molecule has 5 heteroatoms. The van der Waals surface area contributed by atoms with E-state index in [-0.39, 0.29) is 9.96 Å². The maximum Gasteiger partial charge on any atom is 0.141 e. The van der Waals surface area contributed by atoms with E-state index in [0.29, 0.717) is 0 Å². The van der Waals surface area contributed by atoms with Crippen molar-refractivity contribution in [3.63, 3.8) is 0 Å². The summed E-state index contributed by atoms with van der Waals surface area (Å²) >= 11 is -1.30. The standard InChI is InChI=1S/C4H4O3S2/c5-3-1-2-8-4(3)9(6)7/h1-2,5H,(H,6,7)/p-1. The van der Waals surface area contributed by atoms with E-state index in [4.69, 9.17) is 5.11 Å². The molecule has 0 spiro atoms. The van der Waals surface area contributed by atoms with E-state index in [1.54, 1.807) is 0 Å². The van der Waals surface area contributed by atoms with Crippen LogP contribution < -0.4 is 0 Å². The fourth-order valence-corrected chi connectivity index (χ4v) is 1.64. The molecular weight excluding hydrogens is 160 g/mol. The molecule has 0 aliphatic rings. The van der Waals surface area contributed by atoms with Crippen LogP contribution in [-0.4, -0.2) is 13.9 Å². The minimum atomic E-state index is -2.29. The topological polar surface area (TPSA) is 60.4 Å². The fraction of sp³-hybridized carbons (Fsp3) is 0. The molecule has 1 aromatic heterocycles. The van der Waals surface area contributed by atoms with Gasteiger partial charge in [-0.1, -0.05) is 0 Å². The van der Waals surface area contributed by atoms with Crippen LogP contribution >= 0.6 is 11.3 Å². The molecule has 0 saturated heterocycles. The summed E-state index contributed by atoms with van der Waals surface area (Å²) in [6.07, 6.45) is 0. The van der Waals surface area contributed by atoms with Crippen LogP contribution in [0.5, 0.6) is 5.75 Å². The lowest BCUT2D eigenvalue weighted by atomic mass is 10.6. The molecule has 0 amide bonds. The first-order valence-corrected chi connectivity index (χ1v) is 4.03. The second-order valence-electron chi connectivity index (χ2n) is 1.33. The van der Waals surface area contributed by atoms with E-state index in [1.165, 1.54) is 11.4 Å². The Bertz CT molecular complexity index is 229. The molecule has 1 heterocycles. The van der Waals surface area contributed by atoms with E-state index in [1.807, 2.05) is 0 Å². The van der Waals surface area contributed by atoms with Crippen molar-refractivity contribution in [3.05, 3.63) is 11.4 Å². The molecule has 1 rings (SSSR count). The number of thiophene rings is 1. The zero-order valence-electron chi connectivity index (χ0n) is 4.23. The maximum absolute atomic E-state index is 10.1. The first-order chi connectivity index (χ1) is 4.22. The molecule has 0 aliphatic heterocycles. The van der Waals surface area contributed by atoms with Crippen molar-refractivity contribution in [1.82, 2.24) is 0 Å². The smallest absolute Gasteiger partial charge is 0.141 e. The van der Waals surface area contributed by atoms with Gasteiger partial charge in [-0.05, 0) is 22.5 Å². The summed E-state index contributed by atoms with van der Waals surface area (Å²) in [6.45, 7) is 0. The van der Waals surface area contributed by atoms with Crippen LogP contribution in [0.1, 0.15) is 0 Å². The third-order valence-electron chi connectivity index (χ3n) is 0.762. The molecule has 9 heavy (non-hydrogen) atoms. The quantitative estimate of drug-likeness (QED) is 0.619. The Balaban J connectivity index is 3.08. The lowest BCUT2D eigenvalue weighted by Crippen LogP contribution is -1.82. The maximum atomic E-state index is 10.1. The van der Waals surface area contributed by atoms with Gasteiger partial charge in [0, 0.05) is 0 Å². The first-order valence-electron chi connectivity index (χ1n) is 2.07. The second kappa shape index (κ2) is 2.47. The average molecular weight is 163 g/mol. The number of hydrogen-bond donors (Lipinski definition) is 1. The molecule has 1 N–H and O–H groups in total. The van der Waals surface area contributed by atoms with Gasteiger partial charge in [-0.25, -0.2) is 0 Å². The van der Waals surface area contributed by atoms with Crippen LogP contribution in [0.25, 0.3) is 0 Å². The molecule has 0 aliphatic carbocycles.